The summed E-state index contributed by atoms with van der Waals surface area (Å²) < 4.78 is 0. The maximum Gasteiger partial charge on any atom is 0.0465 e. The number of unbranched alkanes of at least 4 members (excludes halogenated alkanes) is 18. The third-order valence-electron chi connectivity index (χ3n) is 6.69. The molecule has 0 spiro atoms. The summed E-state index contributed by atoms with van der Waals surface area (Å²) in [6.45, 7) is 5.05. The first-order chi connectivity index (χ1) is 18.8. The average molecular weight is 533 g/mol. The Balaban J connectivity index is 0. The van der Waals surface area contributed by atoms with E-state index in [0.29, 0.717) is 0 Å². The van der Waals surface area contributed by atoms with Crippen LogP contribution in [0.4, 0.5) is 0 Å². The zero-order valence-corrected chi connectivity index (χ0v) is 25.9. The summed E-state index contributed by atoms with van der Waals surface area (Å²) in [4.78, 5) is 0. The van der Waals surface area contributed by atoms with E-state index in [0.717, 1.165) is 12.8 Å². The molecule has 0 aromatic carbocycles. The summed E-state index contributed by atoms with van der Waals surface area (Å²) in [5.41, 5.74) is 0. The smallest absolute Gasteiger partial charge is 0.0465 e. The molecule has 0 rings (SSSR count). The molecule has 0 saturated carbocycles. The molecule has 0 atom stereocenters. The number of aliphatic hydroxyl groups excluding tert-OH is 2. The van der Waals surface area contributed by atoms with Crippen LogP contribution in [0.15, 0.2) is 48.6 Å². The Kier molecular flexibility index (Phi) is 41.5. The second kappa shape index (κ2) is 40.4. The largest absolute Gasteiger partial charge is 0.396 e. The lowest BCUT2D eigenvalue weighted by molar-refractivity contribution is 0.302. The maximum atomic E-state index is 8.61. The zero-order valence-electron chi connectivity index (χ0n) is 25.9. The fourth-order valence-corrected chi connectivity index (χ4v) is 4.20. The molecule has 0 aromatic heterocycles. The van der Waals surface area contributed by atoms with E-state index in [2.05, 4.69) is 62.5 Å². The quantitative estimate of drug-likeness (QED) is 0.0777. The highest BCUT2D eigenvalue weighted by Crippen LogP contribution is 2.11. The van der Waals surface area contributed by atoms with Gasteiger partial charge in [-0.15, -0.1) is 0 Å². The van der Waals surface area contributed by atoms with Gasteiger partial charge in [0.15, 0.2) is 0 Å². The van der Waals surface area contributed by atoms with Crippen LogP contribution in [0.1, 0.15) is 168 Å². The Morgan fingerprint density at radius 3 is 0.737 bits per heavy atom. The van der Waals surface area contributed by atoms with Gasteiger partial charge in [-0.1, -0.05) is 140 Å². The number of rotatable bonds is 28. The van der Waals surface area contributed by atoms with E-state index in [1.54, 1.807) is 0 Å². The molecule has 0 aliphatic carbocycles. The molecule has 0 aliphatic heterocycles. The third-order valence-corrected chi connectivity index (χ3v) is 6.69. The Morgan fingerprint density at radius 1 is 0.289 bits per heavy atom. The van der Waals surface area contributed by atoms with Gasteiger partial charge in [0.2, 0.25) is 0 Å². The Bertz CT molecular complexity index is 457. The zero-order chi connectivity index (χ0) is 28.0. The van der Waals surface area contributed by atoms with Crippen molar-refractivity contribution in [2.75, 3.05) is 13.2 Å². The molecule has 0 unspecified atom stereocenters. The van der Waals surface area contributed by atoms with Crippen molar-refractivity contribution in [1.82, 2.24) is 0 Å². The summed E-state index contributed by atoms with van der Waals surface area (Å²) in [6, 6.07) is 0. The minimum Gasteiger partial charge on any atom is -0.396 e. The Labute approximate surface area is 239 Å². The van der Waals surface area contributed by atoms with Crippen molar-refractivity contribution in [1.29, 1.82) is 0 Å². The molecule has 0 saturated heterocycles. The van der Waals surface area contributed by atoms with Gasteiger partial charge in [0.1, 0.15) is 0 Å². The lowest BCUT2D eigenvalue weighted by atomic mass is 10.1. The van der Waals surface area contributed by atoms with Crippen molar-refractivity contribution < 1.29 is 10.2 Å². The monoisotopic (exact) mass is 533 g/mol. The van der Waals surface area contributed by atoms with Crippen LogP contribution in [0.2, 0.25) is 0 Å². The summed E-state index contributed by atoms with van der Waals surface area (Å²) >= 11 is 0. The highest BCUT2D eigenvalue weighted by Gasteiger charge is 1.91. The van der Waals surface area contributed by atoms with E-state index in [-0.39, 0.29) is 13.2 Å². The molecule has 0 bridgehead atoms. The summed E-state index contributed by atoms with van der Waals surface area (Å²) in [7, 11) is 0. The molecule has 0 radical (unpaired) electrons. The molecule has 0 fully saturated rings. The average Bonchev–Trinajstić information content (AvgIpc) is 2.93. The van der Waals surface area contributed by atoms with Gasteiger partial charge < -0.3 is 10.2 Å². The fourth-order valence-electron chi connectivity index (χ4n) is 4.20. The van der Waals surface area contributed by atoms with Gasteiger partial charge in [-0.05, 0) is 77.0 Å². The number of allylic oxidation sites excluding steroid dienone is 6. The standard InChI is InChI=1S/2C18H34O/c2*1-2-3-4-5-6-7-8-9-10-11-12-13-14-15-16-17-18-19/h2*5-6,15-16,19H,2-4,7-14,17-18H2,1H3/b2*6-5-,16-15+. The predicted molar refractivity (Wildman–Crippen MR) is 173 cm³/mol. The Hall–Kier alpha value is -1.12. The van der Waals surface area contributed by atoms with E-state index in [4.69, 9.17) is 10.2 Å². The molecular weight excluding hydrogens is 464 g/mol. The second-order valence-corrected chi connectivity index (χ2v) is 10.6. The normalized spacial score (nSPS) is 11.9. The van der Waals surface area contributed by atoms with Crippen LogP contribution in [0.3, 0.4) is 0 Å². The van der Waals surface area contributed by atoms with Gasteiger partial charge in [-0.3, -0.25) is 0 Å². The molecule has 0 heterocycles. The van der Waals surface area contributed by atoms with Crippen LogP contribution in [-0.2, 0) is 0 Å². The summed E-state index contributed by atoms with van der Waals surface area (Å²) in [6.07, 6.45) is 48.7. The van der Waals surface area contributed by atoms with Gasteiger partial charge in [-0.2, -0.15) is 0 Å². The van der Waals surface area contributed by atoms with Crippen LogP contribution < -0.4 is 0 Å². The fraction of sp³-hybridized carbons (Fsp3) is 0.778. The highest BCUT2D eigenvalue weighted by atomic mass is 16.3. The second-order valence-electron chi connectivity index (χ2n) is 10.6. The SMILES string of the molecule is CCCC/C=C\CCCCCCCC/C=C/CCO.CCCC/C=C\CCCCCCCC/C=C/CCO. The van der Waals surface area contributed by atoms with Crippen LogP contribution in [0.25, 0.3) is 0 Å². The van der Waals surface area contributed by atoms with Crippen LogP contribution in [0, 0.1) is 0 Å². The lowest BCUT2D eigenvalue weighted by Crippen LogP contribution is -1.80. The molecule has 0 aromatic rings. The van der Waals surface area contributed by atoms with Crippen molar-refractivity contribution in [3.05, 3.63) is 48.6 Å². The van der Waals surface area contributed by atoms with Crippen molar-refractivity contribution >= 4 is 0 Å². The van der Waals surface area contributed by atoms with E-state index in [9.17, 15) is 0 Å². The summed E-state index contributed by atoms with van der Waals surface area (Å²) in [5.74, 6) is 0. The number of hydrogen-bond acceptors (Lipinski definition) is 2. The van der Waals surface area contributed by atoms with E-state index in [1.807, 2.05) is 0 Å². The van der Waals surface area contributed by atoms with Gasteiger partial charge in [0, 0.05) is 13.2 Å². The predicted octanol–water partition coefficient (Wildman–Crippen LogP) is 11.6. The minimum absolute atomic E-state index is 0.281. The first-order valence-electron chi connectivity index (χ1n) is 16.6. The van der Waals surface area contributed by atoms with Crippen molar-refractivity contribution in [2.24, 2.45) is 0 Å². The molecule has 2 nitrogen and oxygen atoms in total. The summed E-state index contributed by atoms with van der Waals surface area (Å²) in [5, 5.41) is 17.2. The van der Waals surface area contributed by atoms with Gasteiger partial charge in [0.05, 0.1) is 0 Å². The number of aliphatic hydroxyl groups is 2. The molecule has 38 heavy (non-hydrogen) atoms. The van der Waals surface area contributed by atoms with Crippen molar-refractivity contribution in [3.8, 4) is 0 Å². The Morgan fingerprint density at radius 2 is 0.500 bits per heavy atom. The van der Waals surface area contributed by atoms with Crippen LogP contribution >= 0.6 is 0 Å². The molecule has 0 aliphatic rings. The van der Waals surface area contributed by atoms with Gasteiger partial charge >= 0.3 is 0 Å². The highest BCUT2D eigenvalue weighted by molar-refractivity contribution is 4.83. The molecule has 0 amide bonds. The minimum atomic E-state index is 0.281. The topological polar surface area (TPSA) is 40.5 Å². The van der Waals surface area contributed by atoms with Crippen LogP contribution in [-0.4, -0.2) is 23.4 Å². The first kappa shape index (κ1) is 39.0. The first-order valence-corrected chi connectivity index (χ1v) is 16.6. The van der Waals surface area contributed by atoms with Gasteiger partial charge in [0.25, 0.3) is 0 Å². The molecule has 224 valence electrons. The third kappa shape index (κ3) is 42.0. The molecular formula is C36H68O2. The van der Waals surface area contributed by atoms with Crippen LogP contribution in [0.5, 0.6) is 0 Å². The van der Waals surface area contributed by atoms with E-state index in [1.165, 1.54) is 141 Å². The van der Waals surface area contributed by atoms with Gasteiger partial charge in [-0.25, -0.2) is 0 Å². The van der Waals surface area contributed by atoms with Crippen molar-refractivity contribution in [2.45, 2.75) is 168 Å². The van der Waals surface area contributed by atoms with E-state index < -0.39 is 0 Å². The number of hydrogen-bond donors (Lipinski definition) is 2. The van der Waals surface area contributed by atoms with Crippen molar-refractivity contribution in [3.63, 3.8) is 0 Å². The van der Waals surface area contributed by atoms with E-state index >= 15 is 0 Å². The molecule has 2 heteroatoms. The molecule has 2 N–H and O–H groups in total. The maximum absolute atomic E-state index is 8.61. The lowest BCUT2D eigenvalue weighted by Gasteiger charge is -1.99.